The summed E-state index contributed by atoms with van der Waals surface area (Å²) in [5.74, 6) is 0.920. The molecule has 100 valence electrons. The van der Waals surface area contributed by atoms with Crippen LogP contribution in [0.4, 0.5) is 0 Å². The number of carbonyl (C=O) groups excluding carboxylic acids is 1. The van der Waals surface area contributed by atoms with Gasteiger partial charge in [0.2, 0.25) is 0 Å². The maximum absolute atomic E-state index is 11.3. The molecule has 5 nitrogen and oxygen atoms in total. The summed E-state index contributed by atoms with van der Waals surface area (Å²) in [5.41, 5.74) is 0.450. The van der Waals surface area contributed by atoms with Gasteiger partial charge in [-0.05, 0) is 25.3 Å². The molecule has 1 N–H and O–H groups in total. The van der Waals surface area contributed by atoms with Crippen LogP contribution in [0, 0.1) is 5.92 Å². The van der Waals surface area contributed by atoms with Crippen LogP contribution in [0.5, 0.6) is 0 Å². The van der Waals surface area contributed by atoms with E-state index >= 15 is 0 Å². The highest BCUT2D eigenvalue weighted by Crippen LogP contribution is 2.17. The second kappa shape index (κ2) is 6.02. The van der Waals surface area contributed by atoms with Crippen LogP contribution >= 0.6 is 0 Å². The molecule has 2 rings (SSSR count). The van der Waals surface area contributed by atoms with Gasteiger partial charge in [0.25, 0.3) is 0 Å². The molecule has 18 heavy (non-hydrogen) atoms. The summed E-state index contributed by atoms with van der Waals surface area (Å²) in [5, 5.41) is 3.39. The minimum Gasteiger partial charge on any atom is -0.467 e. The molecular formula is C13H19NO4. The molecule has 1 fully saturated rings. The maximum Gasteiger partial charge on any atom is 0.341 e. The predicted octanol–water partition coefficient (Wildman–Crippen LogP) is 1.58. The van der Waals surface area contributed by atoms with Crippen molar-refractivity contribution in [1.29, 1.82) is 0 Å². The SMILES string of the molecule is COC(=O)c1coc(CNC(C)C2CCOC2)c1. The third-order valence-electron chi connectivity index (χ3n) is 3.35. The first kappa shape index (κ1) is 13.1. The lowest BCUT2D eigenvalue weighted by atomic mass is 10.0. The molecule has 0 aromatic carbocycles. The molecule has 1 saturated heterocycles. The second-order valence-corrected chi connectivity index (χ2v) is 4.59. The second-order valence-electron chi connectivity index (χ2n) is 4.59. The van der Waals surface area contributed by atoms with Crippen molar-refractivity contribution in [3.63, 3.8) is 0 Å². The highest BCUT2D eigenvalue weighted by molar-refractivity contribution is 5.88. The fourth-order valence-electron chi connectivity index (χ4n) is 2.07. The lowest BCUT2D eigenvalue weighted by Crippen LogP contribution is -2.33. The Kier molecular flexibility index (Phi) is 4.38. The summed E-state index contributed by atoms with van der Waals surface area (Å²) in [6.07, 6.45) is 2.52. The average Bonchev–Trinajstić information content (AvgIpc) is 3.05. The number of ether oxygens (including phenoxy) is 2. The Bertz CT molecular complexity index is 395. The Hall–Kier alpha value is -1.33. The van der Waals surface area contributed by atoms with E-state index < -0.39 is 0 Å². The number of hydrogen-bond donors (Lipinski definition) is 1. The van der Waals surface area contributed by atoms with Gasteiger partial charge in [0.1, 0.15) is 12.0 Å². The van der Waals surface area contributed by atoms with Crippen LogP contribution < -0.4 is 5.32 Å². The molecule has 2 heterocycles. The van der Waals surface area contributed by atoms with Crippen LogP contribution in [0.3, 0.4) is 0 Å². The standard InChI is InChI=1S/C13H19NO4/c1-9(10-3-4-17-7-10)14-6-12-5-11(8-18-12)13(15)16-2/h5,8-10,14H,3-4,6-7H2,1-2H3. The topological polar surface area (TPSA) is 60.7 Å². The molecular weight excluding hydrogens is 234 g/mol. The Morgan fingerprint density at radius 2 is 2.50 bits per heavy atom. The highest BCUT2D eigenvalue weighted by Gasteiger charge is 2.22. The largest absolute Gasteiger partial charge is 0.467 e. The minimum absolute atomic E-state index is 0.373. The van der Waals surface area contributed by atoms with Crippen LogP contribution in [0.1, 0.15) is 29.5 Å². The Morgan fingerprint density at radius 3 is 3.17 bits per heavy atom. The van der Waals surface area contributed by atoms with Gasteiger partial charge < -0.3 is 19.2 Å². The Balaban J connectivity index is 1.82. The first-order valence-electron chi connectivity index (χ1n) is 6.17. The van der Waals surface area contributed by atoms with Crippen LogP contribution in [0.2, 0.25) is 0 Å². The normalized spacial score (nSPS) is 20.9. The summed E-state index contributed by atoms with van der Waals surface area (Å²) in [7, 11) is 1.36. The van der Waals surface area contributed by atoms with Crippen molar-refractivity contribution in [2.75, 3.05) is 20.3 Å². The molecule has 1 aliphatic heterocycles. The van der Waals surface area contributed by atoms with Crippen LogP contribution in [0.25, 0.3) is 0 Å². The van der Waals surface area contributed by atoms with Gasteiger partial charge in [-0.2, -0.15) is 0 Å². The van der Waals surface area contributed by atoms with E-state index in [1.54, 1.807) is 6.07 Å². The predicted molar refractivity (Wildman–Crippen MR) is 65.3 cm³/mol. The van der Waals surface area contributed by atoms with E-state index in [9.17, 15) is 4.79 Å². The van der Waals surface area contributed by atoms with Crippen molar-refractivity contribution < 1.29 is 18.7 Å². The summed E-state index contributed by atoms with van der Waals surface area (Å²) >= 11 is 0. The Labute approximate surface area is 106 Å². The molecule has 0 aliphatic carbocycles. The zero-order valence-corrected chi connectivity index (χ0v) is 10.8. The number of furan rings is 1. The quantitative estimate of drug-likeness (QED) is 0.807. The summed E-state index contributed by atoms with van der Waals surface area (Å²) < 4.78 is 15.3. The van der Waals surface area contributed by atoms with Gasteiger partial charge in [0.15, 0.2) is 0 Å². The first-order chi connectivity index (χ1) is 8.70. The number of methoxy groups -OCH3 is 1. The van der Waals surface area contributed by atoms with E-state index in [1.807, 2.05) is 0 Å². The number of hydrogen-bond acceptors (Lipinski definition) is 5. The number of esters is 1. The lowest BCUT2D eigenvalue weighted by Gasteiger charge is -2.18. The minimum atomic E-state index is -0.373. The summed E-state index contributed by atoms with van der Waals surface area (Å²) in [6.45, 7) is 4.42. The molecule has 2 unspecified atom stereocenters. The van der Waals surface area contributed by atoms with E-state index in [-0.39, 0.29) is 5.97 Å². The molecule has 0 saturated carbocycles. The van der Waals surface area contributed by atoms with Crippen LogP contribution in [0.15, 0.2) is 16.7 Å². The number of nitrogens with one attached hydrogen (secondary N) is 1. The molecule has 5 heteroatoms. The van der Waals surface area contributed by atoms with Gasteiger partial charge in [-0.15, -0.1) is 0 Å². The van der Waals surface area contributed by atoms with Crippen molar-refractivity contribution in [2.45, 2.75) is 25.9 Å². The molecule has 0 bridgehead atoms. The highest BCUT2D eigenvalue weighted by atomic mass is 16.5. The first-order valence-corrected chi connectivity index (χ1v) is 6.17. The fourth-order valence-corrected chi connectivity index (χ4v) is 2.07. The van der Waals surface area contributed by atoms with Crippen LogP contribution in [-0.2, 0) is 16.0 Å². The van der Waals surface area contributed by atoms with E-state index in [2.05, 4.69) is 17.0 Å². The molecule has 0 spiro atoms. The van der Waals surface area contributed by atoms with Crippen molar-refractivity contribution in [3.05, 3.63) is 23.7 Å². The van der Waals surface area contributed by atoms with Gasteiger partial charge in [-0.1, -0.05) is 0 Å². The lowest BCUT2D eigenvalue weighted by molar-refractivity contribution is 0.0600. The molecule has 1 aromatic rings. The van der Waals surface area contributed by atoms with E-state index in [0.29, 0.717) is 24.1 Å². The molecule has 0 radical (unpaired) electrons. The van der Waals surface area contributed by atoms with Crippen molar-refractivity contribution in [3.8, 4) is 0 Å². The van der Waals surface area contributed by atoms with Crippen molar-refractivity contribution in [2.24, 2.45) is 5.92 Å². The van der Waals surface area contributed by atoms with Crippen molar-refractivity contribution in [1.82, 2.24) is 5.32 Å². The van der Waals surface area contributed by atoms with Gasteiger partial charge in [-0.25, -0.2) is 4.79 Å². The third-order valence-corrected chi connectivity index (χ3v) is 3.35. The molecule has 1 aromatic heterocycles. The van der Waals surface area contributed by atoms with E-state index in [1.165, 1.54) is 13.4 Å². The molecule has 2 atom stereocenters. The van der Waals surface area contributed by atoms with Crippen molar-refractivity contribution >= 4 is 5.97 Å². The van der Waals surface area contributed by atoms with Gasteiger partial charge >= 0.3 is 5.97 Å². The monoisotopic (exact) mass is 253 g/mol. The number of rotatable bonds is 5. The van der Waals surface area contributed by atoms with Crippen LogP contribution in [-0.4, -0.2) is 32.3 Å². The smallest absolute Gasteiger partial charge is 0.341 e. The molecule has 0 amide bonds. The fraction of sp³-hybridized carbons (Fsp3) is 0.615. The van der Waals surface area contributed by atoms with Gasteiger partial charge in [0.05, 0.1) is 25.8 Å². The molecule has 1 aliphatic rings. The summed E-state index contributed by atoms with van der Waals surface area (Å²) in [4.78, 5) is 11.3. The average molecular weight is 253 g/mol. The third kappa shape index (κ3) is 3.11. The maximum atomic E-state index is 11.3. The van der Waals surface area contributed by atoms with Gasteiger partial charge in [-0.3, -0.25) is 0 Å². The van der Waals surface area contributed by atoms with Gasteiger partial charge in [0, 0.05) is 12.6 Å². The zero-order chi connectivity index (χ0) is 13.0. The van der Waals surface area contributed by atoms with E-state index in [0.717, 1.165) is 25.4 Å². The Morgan fingerprint density at radius 1 is 1.67 bits per heavy atom. The van der Waals surface area contributed by atoms with E-state index in [4.69, 9.17) is 9.15 Å². The number of carbonyl (C=O) groups is 1. The zero-order valence-electron chi connectivity index (χ0n) is 10.8. The summed E-state index contributed by atoms with van der Waals surface area (Å²) in [6, 6.07) is 2.08.